The van der Waals surface area contributed by atoms with Crippen LogP contribution in [0.25, 0.3) is 0 Å². The number of carbonyl (C=O) groups is 2. The van der Waals surface area contributed by atoms with Gasteiger partial charge in [0.2, 0.25) is 0 Å². The van der Waals surface area contributed by atoms with Gasteiger partial charge in [-0.2, -0.15) is 0 Å². The smallest absolute Gasteiger partial charge is 0.129 e. The van der Waals surface area contributed by atoms with E-state index >= 15 is 0 Å². The van der Waals surface area contributed by atoms with Gasteiger partial charge in [-0.1, -0.05) is 73.1 Å². The lowest BCUT2D eigenvalue weighted by Gasteiger charge is -2.39. The molecule has 0 bridgehead atoms. The lowest BCUT2D eigenvalue weighted by Crippen LogP contribution is -2.50. The molecule has 0 N–H and O–H groups in total. The summed E-state index contributed by atoms with van der Waals surface area (Å²) in [7, 11) is 0. The van der Waals surface area contributed by atoms with E-state index in [0.29, 0.717) is 5.78 Å². The second kappa shape index (κ2) is 25.1. The molecule has 0 radical (unpaired) electrons. The van der Waals surface area contributed by atoms with Gasteiger partial charge in [-0.15, -0.1) is 0 Å². The van der Waals surface area contributed by atoms with Gasteiger partial charge in [0.15, 0.2) is 0 Å². The molecule has 176 valence electrons. The molecule has 0 aliphatic heterocycles. The minimum absolute atomic E-state index is 0.318. The van der Waals surface area contributed by atoms with E-state index in [2.05, 4.69) is 34.6 Å². The number of nitrogens with zero attached hydrogens (tertiary/aromatic N) is 1. The molecule has 0 aromatic heterocycles. The summed E-state index contributed by atoms with van der Waals surface area (Å²) in [6, 6.07) is 0. The van der Waals surface area contributed by atoms with Crippen LogP contribution in [-0.4, -0.2) is 42.4 Å². The third-order valence-corrected chi connectivity index (χ3v) is 5.08. The second-order valence-electron chi connectivity index (χ2n) is 8.30. The Morgan fingerprint density at radius 1 is 0.586 bits per heavy atom. The first-order valence-corrected chi connectivity index (χ1v) is 12.3. The number of hydrogen-bond acceptors (Lipinski definition) is 3. The Morgan fingerprint density at radius 3 is 1.07 bits per heavy atom. The molecule has 0 aliphatic rings. The average molecular weight is 416 g/mol. The van der Waals surface area contributed by atoms with Crippen molar-refractivity contribution in [3.05, 3.63) is 0 Å². The number of aliphatic carboxylic acids is 1. The largest absolute Gasteiger partial charge is 0.550 e. The zero-order valence-electron chi connectivity index (χ0n) is 21.0. The summed E-state index contributed by atoms with van der Waals surface area (Å²) in [5, 5.41) is 8.89. The quantitative estimate of drug-likeness (QED) is 0.232. The van der Waals surface area contributed by atoms with Crippen LogP contribution in [-0.2, 0) is 9.59 Å². The van der Waals surface area contributed by atoms with Gasteiger partial charge in [0.05, 0.1) is 26.2 Å². The minimum atomic E-state index is -1.08. The van der Waals surface area contributed by atoms with Crippen molar-refractivity contribution in [2.45, 2.75) is 126 Å². The average Bonchev–Trinajstić information content (AvgIpc) is 2.67. The number of rotatable bonds is 16. The number of ketones is 1. The Bertz CT molecular complexity index is 314. The predicted molar refractivity (Wildman–Crippen MR) is 125 cm³/mol. The summed E-state index contributed by atoms with van der Waals surface area (Å²) in [5.41, 5.74) is 0. The second-order valence-corrected chi connectivity index (χ2v) is 8.30. The molecule has 0 unspecified atom stereocenters. The number of Topliss-reactive ketones (excluding diaryl/α,β-unsaturated/α-hetero) is 1. The molecule has 0 amide bonds. The molecular formula is C25H53NO3. The summed E-state index contributed by atoms with van der Waals surface area (Å²) < 4.78 is 1.42. The molecule has 4 heteroatoms. The molecule has 0 saturated carbocycles. The van der Waals surface area contributed by atoms with Crippen molar-refractivity contribution < 1.29 is 19.2 Å². The first-order valence-electron chi connectivity index (χ1n) is 12.3. The first-order chi connectivity index (χ1) is 13.7. The Balaban J connectivity index is -0.000000465. The van der Waals surface area contributed by atoms with E-state index in [1.807, 2.05) is 0 Å². The maximum absolute atomic E-state index is 10.3. The van der Waals surface area contributed by atoms with Gasteiger partial charge < -0.3 is 19.2 Å². The van der Waals surface area contributed by atoms with Crippen molar-refractivity contribution in [3.8, 4) is 0 Å². The van der Waals surface area contributed by atoms with Crippen LogP contribution in [0.3, 0.4) is 0 Å². The molecule has 0 aromatic rings. The number of quaternary nitrogens is 1. The van der Waals surface area contributed by atoms with Gasteiger partial charge in [0.1, 0.15) is 5.78 Å². The van der Waals surface area contributed by atoms with Crippen LogP contribution in [0.5, 0.6) is 0 Å². The van der Waals surface area contributed by atoms with E-state index in [1.165, 1.54) is 94.9 Å². The molecule has 0 atom stereocenters. The summed E-state index contributed by atoms with van der Waals surface area (Å²) in [6.07, 6.45) is 15.3. The molecule has 0 heterocycles. The van der Waals surface area contributed by atoms with Crippen LogP contribution in [0.4, 0.5) is 0 Å². The molecule has 0 fully saturated rings. The monoisotopic (exact) mass is 415 g/mol. The highest BCUT2D eigenvalue weighted by molar-refractivity contribution is 5.75. The van der Waals surface area contributed by atoms with Gasteiger partial charge in [-0.05, 0) is 46.0 Å². The zero-order chi connectivity index (χ0) is 23.0. The number of carboxylic acid groups (broad SMARTS) is 1. The number of carbonyl (C=O) groups excluding carboxylic acids is 2. The normalized spacial score (nSPS) is 10.4. The van der Waals surface area contributed by atoms with Crippen molar-refractivity contribution in [2.24, 2.45) is 0 Å². The Hall–Kier alpha value is -0.900. The number of hydrogen-bond donors (Lipinski definition) is 0. The highest BCUT2D eigenvalue weighted by Gasteiger charge is 2.24. The molecule has 4 nitrogen and oxygen atoms in total. The zero-order valence-corrected chi connectivity index (χ0v) is 21.0. The van der Waals surface area contributed by atoms with Gasteiger partial charge in [-0.3, -0.25) is 0 Å². The van der Waals surface area contributed by atoms with E-state index in [-0.39, 0.29) is 0 Å². The summed E-state index contributed by atoms with van der Waals surface area (Å²) in [6.45, 7) is 19.8. The summed E-state index contributed by atoms with van der Waals surface area (Å²) in [5.74, 6) is -0.765. The fraction of sp³-hybridized carbons (Fsp3) is 0.920. The van der Waals surface area contributed by atoms with Gasteiger partial charge in [-0.25, -0.2) is 0 Å². The molecule has 0 aromatic carbocycles. The first kappa shape index (κ1) is 32.8. The summed E-state index contributed by atoms with van der Waals surface area (Å²) >= 11 is 0. The van der Waals surface area contributed by atoms with Crippen LogP contribution in [0, 0.1) is 0 Å². The maximum Gasteiger partial charge on any atom is 0.129 e. The Morgan fingerprint density at radius 2 is 0.862 bits per heavy atom. The van der Waals surface area contributed by atoms with E-state index in [4.69, 9.17) is 9.90 Å². The maximum atomic E-state index is 10.3. The number of carboxylic acids is 1. The highest BCUT2D eigenvalue weighted by atomic mass is 16.4. The third-order valence-electron chi connectivity index (χ3n) is 5.08. The van der Waals surface area contributed by atoms with E-state index in [9.17, 15) is 4.79 Å². The van der Waals surface area contributed by atoms with Gasteiger partial charge >= 0.3 is 0 Å². The van der Waals surface area contributed by atoms with Gasteiger partial charge in [0.25, 0.3) is 0 Å². The topological polar surface area (TPSA) is 57.2 Å². The number of unbranched alkanes of at least 4 members (excludes halogenated alkanes) is 6. The fourth-order valence-electron chi connectivity index (χ4n) is 3.27. The molecule has 0 rings (SSSR count). The van der Waals surface area contributed by atoms with Crippen LogP contribution in [0.15, 0.2) is 0 Å². The molecule has 29 heavy (non-hydrogen) atoms. The highest BCUT2D eigenvalue weighted by Crippen LogP contribution is 2.16. The van der Waals surface area contributed by atoms with Crippen molar-refractivity contribution in [3.63, 3.8) is 0 Å². The van der Waals surface area contributed by atoms with E-state index < -0.39 is 5.97 Å². The Kier molecular flexibility index (Phi) is 28.4. The minimum Gasteiger partial charge on any atom is -0.550 e. The van der Waals surface area contributed by atoms with Crippen LogP contribution in [0.1, 0.15) is 126 Å². The Labute approximate surface area is 183 Å². The van der Waals surface area contributed by atoms with Crippen molar-refractivity contribution in [1.82, 2.24) is 0 Å². The van der Waals surface area contributed by atoms with Crippen LogP contribution >= 0.6 is 0 Å². The van der Waals surface area contributed by atoms with Crippen molar-refractivity contribution >= 4 is 11.8 Å². The SMILES string of the molecule is CC(=O)[O-].CCCCCC(C)=O.CCCC[N+](CCCC)(CCCC)CCCC. The fourth-order valence-corrected chi connectivity index (χ4v) is 3.27. The summed E-state index contributed by atoms with van der Waals surface area (Å²) in [4.78, 5) is 19.2. The standard InChI is InChI=1S/C16H36N.C7H14O.C2H4O2/c1-5-9-13-17(14-10-6-2,15-11-7-3)16-12-8-4;1-3-4-5-6-7(2)8;1-2(3)4/h5-16H2,1-4H3;3-6H2,1-2H3;1H3,(H,3,4)/q+1;;/p-1. The van der Waals surface area contributed by atoms with Crippen LogP contribution < -0.4 is 5.11 Å². The molecule has 0 saturated heterocycles. The molecular weight excluding hydrogens is 362 g/mol. The van der Waals surface area contributed by atoms with Crippen molar-refractivity contribution in [2.75, 3.05) is 26.2 Å². The lowest BCUT2D eigenvalue weighted by molar-refractivity contribution is -0.929. The molecule has 0 aliphatic carbocycles. The van der Waals surface area contributed by atoms with Crippen LogP contribution in [0.2, 0.25) is 0 Å². The van der Waals surface area contributed by atoms with Crippen molar-refractivity contribution in [1.29, 1.82) is 0 Å². The predicted octanol–water partition coefficient (Wildman–Crippen LogP) is 5.92. The van der Waals surface area contributed by atoms with Gasteiger partial charge in [0, 0.05) is 12.4 Å². The molecule has 0 spiro atoms. The third kappa shape index (κ3) is 29.4. The lowest BCUT2D eigenvalue weighted by atomic mass is 10.1. The van der Waals surface area contributed by atoms with E-state index in [0.717, 1.165) is 19.8 Å². The van der Waals surface area contributed by atoms with E-state index in [1.54, 1.807) is 6.92 Å².